The van der Waals surface area contributed by atoms with Crippen molar-refractivity contribution in [3.8, 4) is 0 Å². The summed E-state index contributed by atoms with van der Waals surface area (Å²) in [4.78, 5) is 13.8. The lowest BCUT2D eigenvalue weighted by molar-refractivity contribution is -0.123. The fourth-order valence-corrected chi connectivity index (χ4v) is 2.38. The molecule has 0 aliphatic carbocycles. The summed E-state index contributed by atoms with van der Waals surface area (Å²) in [5.74, 6) is -0.351. The molecule has 1 aliphatic heterocycles. The summed E-state index contributed by atoms with van der Waals surface area (Å²) in [6.45, 7) is 3.70. The fourth-order valence-electron chi connectivity index (χ4n) is 2.38. The van der Waals surface area contributed by atoms with Crippen molar-refractivity contribution in [2.75, 3.05) is 19.6 Å². The van der Waals surface area contributed by atoms with E-state index in [2.05, 4.69) is 5.32 Å². The Balaban J connectivity index is 1.78. The number of aliphatic hydroxyl groups excluding tert-OH is 1. The van der Waals surface area contributed by atoms with Crippen LogP contribution in [0.3, 0.4) is 0 Å². The fraction of sp³-hybridized carbons (Fsp3) is 0.533. The molecule has 1 aromatic rings. The average molecular weight is 280 g/mol. The molecule has 20 heavy (non-hydrogen) atoms. The summed E-state index contributed by atoms with van der Waals surface area (Å²) in [6, 6.07) is 4.96. The molecule has 4 nitrogen and oxygen atoms in total. The molecule has 1 aromatic carbocycles. The van der Waals surface area contributed by atoms with Gasteiger partial charge in [0.15, 0.2) is 0 Å². The maximum absolute atomic E-state index is 13.4. The Morgan fingerprint density at radius 2 is 2.35 bits per heavy atom. The van der Waals surface area contributed by atoms with Gasteiger partial charge in [0.05, 0.1) is 12.6 Å². The Labute approximate surface area is 118 Å². The minimum atomic E-state index is -0.331. The summed E-state index contributed by atoms with van der Waals surface area (Å²) in [6.07, 6.45) is 1.39. The summed E-state index contributed by atoms with van der Waals surface area (Å²) in [5, 5.41) is 12.3. The molecule has 1 aliphatic rings. The van der Waals surface area contributed by atoms with Crippen molar-refractivity contribution < 1.29 is 14.3 Å². The molecule has 5 heteroatoms. The molecule has 2 rings (SSSR count). The molecule has 0 bridgehead atoms. The Hall–Kier alpha value is -1.46. The van der Waals surface area contributed by atoms with Crippen LogP contribution in [0.15, 0.2) is 18.2 Å². The zero-order chi connectivity index (χ0) is 14.5. The molecule has 1 saturated heterocycles. The first-order valence-electron chi connectivity index (χ1n) is 6.97. The molecule has 1 heterocycles. The monoisotopic (exact) mass is 280 g/mol. The van der Waals surface area contributed by atoms with Crippen LogP contribution in [-0.4, -0.2) is 41.7 Å². The van der Waals surface area contributed by atoms with Crippen molar-refractivity contribution in [3.63, 3.8) is 0 Å². The van der Waals surface area contributed by atoms with Crippen molar-refractivity contribution in [2.24, 2.45) is 0 Å². The van der Waals surface area contributed by atoms with Gasteiger partial charge < -0.3 is 10.4 Å². The van der Waals surface area contributed by atoms with Crippen LogP contribution in [-0.2, 0) is 11.3 Å². The number of hydrogen-bond acceptors (Lipinski definition) is 3. The van der Waals surface area contributed by atoms with Crippen molar-refractivity contribution in [1.29, 1.82) is 0 Å². The molecule has 0 saturated carbocycles. The van der Waals surface area contributed by atoms with Crippen molar-refractivity contribution in [1.82, 2.24) is 10.2 Å². The van der Waals surface area contributed by atoms with Gasteiger partial charge in [0.2, 0.25) is 5.91 Å². The number of benzene rings is 1. The van der Waals surface area contributed by atoms with E-state index < -0.39 is 0 Å². The molecule has 110 valence electrons. The Morgan fingerprint density at radius 1 is 1.55 bits per heavy atom. The normalized spacial score (nSPS) is 19.9. The van der Waals surface area contributed by atoms with Gasteiger partial charge in [-0.15, -0.1) is 0 Å². The summed E-state index contributed by atoms with van der Waals surface area (Å²) < 4.78 is 13.4. The minimum Gasteiger partial charge on any atom is -0.392 e. The number of halogens is 1. The summed E-state index contributed by atoms with van der Waals surface area (Å²) in [5.41, 5.74) is 1.35. The molecule has 0 unspecified atom stereocenters. The first kappa shape index (κ1) is 14.9. The van der Waals surface area contributed by atoms with Crippen LogP contribution in [0, 0.1) is 12.7 Å². The van der Waals surface area contributed by atoms with E-state index in [9.17, 15) is 14.3 Å². The number of amides is 1. The van der Waals surface area contributed by atoms with E-state index in [0.717, 1.165) is 24.9 Å². The highest BCUT2D eigenvalue weighted by atomic mass is 19.1. The molecule has 1 amide bonds. The summed E-state index contributed by atoms with van der Waals surface area (Å²) >= 11 is 0. The van der Waals surface area contributed by atoms with E-state index in [4.69, 9.17) is 0 Å². The van der Waals surface area contributed by atoms with Gasteiger partial charge in [0.25, 0.3) is 0 Å². The molecule has 1 fully saturated rings. The van der Waals surface area contributed by atoms with Crippen LogP contribution in [0.2, 0.25) is 0 Å². The molecule has 0 radical (unpaired) electrons. The van der Waals surface area contributed by atoms with Crippen LogP contribution in [0.5, 0.6) is 0 Å². The largest absolute Gasteiger partial charge is 0.392 e. The zero-order valence-electron chi connectivity index (χ0n) is 11.7. The number of aryl methyl sites for hydroxylation is 1. The maximum Gasteiger partial charge on any atom is 0.234 e. The van der Waals surface area contributed by atoms with Gasteiger partial charge in [-0.3, -0.25) is 9.69 Å². The van der Waals surface area contributed by atoms with Gasteiger partial charge in [-0.1, -0.05) is 12.1 Å². The Bertz CT molecular complexity index is 479. The second-order valence-corrected chi connectivity index (χ2v) is 5.39. The third-order valence-corrected chi connectivity index (χ3v) is 3.57. The number of rotatable bonds is 4. The number of piperidine rings is 1. The van der Waals surface area contributed by atoms with Crippen LogP contribution in [0.25, 0.3) is 0 Å². The van der Waals surface area contributed by atoms with Crippen LogP contribution >= 0.6 is 0 Å². The lowest BCUT2D eigenvalue weighted by Crippen LogP contribution is -2.44. The predicted octanol–water partition coefficient (Wildman–Crippen LogP) is 1.21. The topological polar surface area (TPSA) is 52.6 Å². The first-order chi connectivity index (χ1) is 9.54. The van der Waals surface area contributed by atoms with Gasteiger partial charge in [-0.2, -0.15) is 0 Å². The highest BCUT2D eigenvalue weighted by Crippen LogP contribution is 2.10. The van der Waals surface area contributed by atoms with E-state index in [-0.39, 0.29) is 24.4 Å². The number of aliphatic hydroxyl groups is 1. The molecule has 1 atom stereocenters. The smallest absolute Gasteiger partial charge is 0.234 e. The van der Waals surface area contributed by atoms with Crippen molar-refractivity contribution in [3.05, 3.63) is 35.1 Å². The predicted molar refractivity (Wildman–Crippen MR) is 74.7 cm³/mol. The third kappa shape index (κ3) is 4.28. The molecular weight excluding hydrogens is 259 g/mol. The third-order valence-electron chi connectivity index (χ3n) is 3.57. The molecule has 2 N–H and O–H groups in total. The number of nitrogens with one attached hydrogen (secondary N) is 1. The number of hydrogen-bond donors (Lipinski definition) is 2. The number of β-amino-alcohol motifs (C(OH)–C–C–N with tert-alkyl or cyclic N) is 1. The summed E-state index contributed by atoms with van der Waals surface area (Å²) in [7, 11) is 0. The van der Waals surface area contributed by atoms with Gasteiger partial charge in [0.1, 0.15) is 5.82 Å². The second kappa shape index (κ2) is 6.81. The van der Waals surface area contributed by atoms with E-state index in [1.807, 2.05) is 11.0 Å². The Kier molecular flexibility index (Phi) is 5.09. The quantitative estimate of drug-likeness (QED) is 0.871. The van der Waals surface area contributed by atoms with Crippen LogP contribution in [0.1, 0.15) is 24.0 Å². The van der Waals surface area contributed by atoms with Crippen molar-refractivity contribution >= 4 is 5.91 Å². The SMILES string of the molecule is Cc1ccc(CNC(=O)CN2CCC[C@H](O)C2)cc1F. The highest BCUT2D eigenvalue weighted by Gasteiger charge is 2.19. The zero-order valence-corrected chi connectivity index (χ0v) is 11.7. The van der Waals surface area contributed by atoms with Gasteiger partial charge in [-0.05, 0) is 43.5 Å². The number of carbonyl (C=O) groups is 1. The van der Waals surface area contributed by atoms with E-state index >= 15 is 0 Å². The van der Waals surface area contributed by atoms with Gasteiger partial charge in [-0.25, -0.2) is 4.39 Å². The molecular formula is C15H21FN2O2. The van der Waals surface area contributed by atoms with Crippen LogP contribution in [0.4, 0.5) is 4.39 Å². The maximum atomic E-state index is 13.4. The van der Waals surface area contributed by atoms with E-state index in [1.54, 1.807) is 13.0 Å². The van der Waals surface area contributed by atoms with E-state index in [0.29, 0.717) is 18.7 Å². The second-order valence-electron chi connectivity index (χ2n) is 5.39. The van der Waals surface area contributed by atoms with E-state index in [1.165, 1.54) is 6.07 Å². The molecule has 0 spiro atoms. The lowest BCUT2D eigenvalue weighted by Gasteiger charge is -2.29. The number of likely N-dealkylation sites (tertiary alicyclic amines) is 1. The number of nitrogens with zero attached hydrogens (tertiary/aromatic N) is 1. The van der Waals surface area contributed by atoms with Crippen molar-refractivity contribution in [2.45, 2.75) is 32.4 Å². The molecule has 0 aromatic heterocycles. The first-order valence-corrected chi connectivity index (χ1v) is 6.97. The van der Waals surface area contributed by atoms with Crippen LogP contribution < -0.4 is 5.32 Å². The van der Waals surface area contributed by atoms with Gasteiger partial charge >= 0.3 is 0 Å². The standard InChI is InChI=1S/C15H21FN2O2/c1-11-4-5-12(7-14(11)16)8-17-15(20)10-18-6-2-3-13(19)9-18/h4-5,7,13,19H,2-3,6,8-10H2,1H3,(H,17,20)/t13-/m0/s1. The minimum absolute atomic E-state index is 0.0971. The Morgan fingerprint density at radius 3 is 3.05 bits per heavy atom. The lowest BCUT2D eigenvalue weighted by atomic mass is 10.1. The highest BCUT2D eigenvalue weighted by molar-refractivity contribution is 5.78. The number of carbonyl (C=O) groups excluding carboxylic acids is 1. The van der Waals surface area contributed by atoms with Gasteiger partial charge in [0, 0.05) is 13.1 Å². The average Bonchev–Trinajstić information content (AvgIpc) is 2.40.